The molecule has 0 unspecified atom stereocenters. The van der Waals surface area contributed by atoms with E-state index in [0.29, 0.717) is 21.2 Å². The molecule has 2 aromatic carbocycles. The van der Waals surface area contributed by atoms with E-state index in [4.69, 9.17) is 23.2 Å². The van der Waals surface area contributed by atoms with Gasteiger partial charge in [0.25, 0.3) is 5.69 Å². The molecule has 0 aliphatic carbocycles. The molecule has 0 heterocycles. The first-order valence-electron chi connectivity index (χ1n) is 6.49. The molecule has 0 radical (unpaired) electrons. The summed E-state index contributed by atoms with van der Waals surface area (Å²) in [6.45, 7) is 0. The first kappa shape index (κ1) is 16.8. The Morgan fingerprint density at radius 3 is 2.13 bits per heavy atom. The third kappa shape index (κ3) is 4.43. The molecule has 0 aliphatic heterocycles. The predicted octanol–water partition coefficient (Wildman–Crippen LogP) is 5.44. The number of nitro benzene ring substituents is 1. The molecule has 4 nitrogen and oxygen atoms in total. The maximum atomic E-state index is 10.6. The van der Waals surface area contributed by atoms with Gasteiger partial charge in [0.1, 0.15) is 0 Å². The van der Waals surface area contributed by atoms with Crippen LogP contribution in [0.15, 0.2) is 60.7 Å². The molecular formula is C17H10Cl2N2O2. The van der Waals surface area contributed by atoms with Crippen LogP contribution >= 0.6 is 23.2 Å². The summed E-state index contributed by atoms with van der Waals surface area (Å²) in [6.07, 6.45) is 3.17. The van der Waals surface area contributed by atoms with Crippen LogP contribution in [-0.4, -0.2) is 4.92 Å². The number of hydrogen-bond donors (Lipinski definition) is 0. The maximum absolute atomic E-state index is 10.6. The summed E-state index contributed by atoms with van der Waals surface area (Å²) in [6, 6.07) is 14.8. The molecule has 0 fully saturated rings. The molecule has 0 N–H and O–H groups in total. The molecule has 23 heavy (non-hydrogen) atoms. The third-order valence-electron chi connectivity index (χ3n) is 3.03. The van der Waals surface area contributed by atoms with Gasteiger partial charge in [-0.2, -0.15) is 5.26 Å². The zero-order valence-corrected chi connectivity index (χ0v) is 13.3. The Labute approximate surface area is 143 Å². The van der Waals surface area contributed by atoms with E-state index in [-0.39, 0.29) is 5.69 Å². The highest BCUT2D eigenvalue weighted by atomic mass is 35.5. The van der Waals surface area contributed by atoms with Crippen LogP contribution in [0.1, 0.15) is 11.1 Å². The van der Waals surface area contributed by atoms with Gasteiger partial charge in [0.15, 0.2) is 0 Å². The van der Waals surface area contributed by atoms with Crippen LogP contribution in [-0.2, 0) is 0 Å². The highest BCUT2D eigenvalue weighted by Crippen LogP contribution is 2.23. The van der Waals surface area contributed by atoms with Crippen LogP contribution in [0.5, 0.6) is 0 Å². The second-order valence-electron chi connectivity index (χ2n) is 4.52. The van der Waals surface area contributed by atoms with Crippen molar-refractivity contribution in [1.82, 2.24) is 0 Å². The molecule has 0 bridgehead atoms. The number of allylic oxidation sites excluding steroid dienone is 3. The highest BCUT2D eigenvalue weighted by Gasteiger charge is 2.06. The quantitative estimate of drug-likeness (QED) is 0.321. The smallest absolute Gasteiger partial charge is 0.258 e. The van der Waals surface area contributed by atoms with Crippen LogP contribution in [0.3, 0.4) is 0 Å². The minimum atomic E-state index is -0.489. The molecule has 6 heteroatoms. The van der Waals surface area contributed by atoms with Gasteiger partial charge in [-0.1, -0.05) is 35.3 Å². The van der Waals surface area contributed by atoms with E-state index < -0.39 is 4.92 Å². The lowest BCUT2D eigenvalue weighted by molar-refractivity contribution is -0.384. The van der Waals surface area contributed by atoms with Gasteiger partial charge in [-0.15, -0.1) is 0 Å². The largest absolute Gasteiger partial charge is 0.269 e. The first-order valence-corrected chi connectivity index (χ1v) is 7.25. The van der Waals surface area contributed by atoms with Crippen molar-refractivity contribution in [3.05, 3.63) is 86.9 Å². The number of nitriles is 1. The Morgan fingerprint density at radius 1 is 1.04 bits per heavy atom. The fraction of sp³-hybridized carbons (Fsp3) is 0. The molecule has 0 saturated carbocycles. The van der Waals surface area contributed by atoms with Gasteiger partial charge >= 0.3 is 0 Å². The lowest BCUT2D eigenvalue weighted by Crippen LogP contribution is -1.88. The fourth-order valence-electron chi connectivity index (χ4n) is 1.82. The Bertz CT molecular complexity index is 817. The number of benzene rings is 2. The summed E-state index contributed by atoms with van der Waals surface area (Å²) in [5.74, 6) is 0. The molecule has 0 spiro atoms. The normalized spacial score (nSPS) is 11.9. The van der Waals surface area contributed by atoms with Gasteiger partial charge in [-0.3, -0.25) is 10.1 Å². The number of nitrogens with zero attached hydrogens (tertiary/aromatic N) is 2. The molecule has 0 aliphatic rings. The SMILES string of the molecule is N#C/C(=C\C=C(\Cl)c1ccc(Cl)cc1)c1ccc([N+](=O)[O-])cc1. The second-order valence-corrected chi connectivity index (χ2v) is 5.36. The molecule has 114 valence electrons. The van der Waals surface area contributed by atoms with Crippen LogP contribution in [0.2, 0.25) is 5.02 Å². The average molecular weight is 345 g/mol. The monoisotopic (exact) mass is 344 g/mol. The van der Waals surface area contributed by atoms with Gasteiger partial charge in [0, 0.05) is 22.2 Å². The summed E-state index contributed by atoms with van der Waals surface area (Å²) >= 11 is 12.0. The fourth-order valence-corrected chi connectivity index (χ4v) is 2.14. The van der Waals surface area contributed by atoms with Crippen molar-refractivity contribution in [3.63, 3.8) is 0 Å². The van der Waals surface area contributed by atoms with Crippen molar-refractivity contribution >= 4 is 39.5 Å². The van der Waals surface area contributed by atoms with E-state index in [1.807, 2.05) is 6.07 Å². The predicted molar refractivity (Wildman–Crippen MR) is 92.0 cm³/mol. The summed E-state index contributed by atoms with van der Waals surface area (Å²) in [4.78, 5) is 10.1. The summed E-state index contributed by atoms with van der Waals surface area (Å²) in [7, 11) is 0. The van der Waals surface area contributed by atoms with Crippen LogP contribution in [0.25, 0.3) is 10.6 Å². The van der Waals surface area contributed by atoms with Gasteiger partial charge in [0.05, 0.1) is 16.6 Å². The van der Waals surface area contributed by atoms with Gasteiger partial charge in [-0.25, -0.2) is 0 Å². The summed E-state index contributed by atoms with van der Waals surface area (Å²) in [5.41, 5.74) is 1.68. The van der Waals surface area contributed by atoms with Gasteiger partial charge < -0.3 is 0 Å². The molecule has 0 amide bonds. The van der Waals surface area contributed by atoms with E-state index in [1.54, 1.807) is 36.4 Å². The second kappa shape index (κ2) is 7.59. The van der Waals surface area contributed by atoms with Crippen molar-refractivity contribution in [2.45, 2.75) is 0 Å². The molecule has 2 aromatic rings. The van der Waals surface area contributed by atoms with Crippen LogP contribution in [0, 0.1) is 21.4 Å². The lowest BCUT2D eigenvalue weighted by atomic mass is 10.1. The Hall–Kier alpha value is -2.61. The molecule has 0 saturated heterocycles. The van der Waals surface area contributed by atoms with E-state index in [0.717, 1.165) is 5.56 Å². The Morgan fingerprint density at radius 2 is 1.61 bits per heavy atom. The Balaban J connectivity index is 2.27. The van der Waals surface area contributed by atoms with Crippen molar-refractivity contribution in [3.8, 4) is 6.07 Å². The molecule has 2 rings (SSSR count). The third-order valence-corrected chi connectivity index (χ3v) is 3.62. The number of non-ortho nitro benzene ring substituents is 1. The van der Waals surface area contributed by atoms with E-state index in [2.05, 4.69) is 0 Å². The minimum absolute atomic E-state index is 0.0271. The van der Waals surface area contributed by atoms with E-state index in [9.17, 15) is 15.4 Å². The average Bonchev–Trinajstić information content (AvgIpc) is 2.56. The summed E-state index contributed by atoms with van der Waals surface area (Å²) in [5, 5.41) is 20.9. The van der Waals surface area contributed by atoms with Crippen molar-refractivity contribution in [2.75, 3.05) is 0 Å². The topological polar surface area (TPSA) is 66.9 Å². The molecular weight excluding hydrogens is 335 g/mol. The summed E-state index contributed by atoms with van der Waals surface area (Å²) < 4.78 is 0. The first-order chi connectivity index (χ1) is 11.0. The molecule has 0 atom stereocenters. The Kier molecular flexibility index (Phi) is 5.53. The van der Waals surface area contributed by atoms with Crippen molar-refractivity contribution in [1.29, 1.82) is 5.26 Å². The van der Waals surface area contributed by atoms with E-state index in [1.165, 1.54) is 24.3 Å². The van der Waals surface area contributed by atoms with Gasteiger partial charge in [-0.05, 0) is 47.5 Å². The molecule has 0 aromatic heterocycles. The number of rotatable bonds is 4. The van der Waals surface area contributed by atoms with Crippen LogP contribution in [0.4, 0.5) is 5.69 Å². The zero-order chi connectivity index (χ0) is 16.8. The maximum Gasteiger partial charge on any atom is 0.269 e. The van der Waals surface area contributed by atoms with Crippen LogP contribution < -0.4 is 0 Å². The standard InChI is InChI=1S/C17H10Cl2N2O2/c18-15-6-1-13(2-7-15)17(19)10-5-14(11-20)12-3-8-16(9-4-12)21(22)23/h1-10H/b14-5+,17-10+. The zero-order valence-electron chi connectivity index (χ0n) is 11.7. The van der Waals surface area contributed by atoms with Gasteiger partial charge in [0.2, 0.25) is 0 Å². The number of nitro groups is 1. The number of halogens is 2. The van der Waals surface area contributed by atoms with E-state index >= 15 is 0 Å². The highest BCUT2D eigenvalue weighted by molar-refractivity contribution is 6.49. The number of hydrogen-bond acceptors (Lipinski definition) is 3. The van der Waals surface area contributed by atoms with Crippen molar-refractivity contribution < 1.29 is 4.92 Å². The van der Waals surface area contributed by atoms with Crippen molar-refractivity contribution in [2.24, 2.45) is 0 Å². The minimum Gasteiger partial charge on any atom is -0.258 e. The lowest BCUT2D eigenvalue weighted by Gasteiger charge is -2.00.